The van der Waals surface area contributed by atoms with E-state index in [1.54, 1.807) is 0 Å². The van der Waals surface area contributed by atoms with Gasteiger partial charge in [0.05, 0.1) is 12.2 Å². The fraction of sp³-hybridized carbons (Fsp3) is 1.00. The minimum Gasteiger partial charge on any atom is -0.389 e. The van der Waals surface area contributed by atoms with E-state index >= 15 is 0 Å². The predicted octanol–water partition coefficient (Wildman–Crippen LogP) is -2.31. The number of hydrogen-bond acceptors (Lipinski definition) is 5. The third-order valence-electron chi connectivity index (χ3n) is 2.13. The van der Waals surface area contributed by atoms with Crippen LogP contribution in [0.2, 0.25) is 0 Å². The summed E-state index contributed by atoms with van der Waals surface area (Å²) < 4.78 is 4.92. The summed E-state index contributed by atoms with van der Waals surface area (Å²) in [5.41, 5.74) is 0. The largest absolute Gasteiger partial charge is 0.389 e. The quantitative estimate of drug-likeness (QED) is 0.362. The molecule has 1 aliphatic rings. The van der Waals surface area contributed by atoms with Gasteiger partial charge in [-0.3, -0.25) is 0 Å². The first kappa shape index (κ1) is 9.88. The molecule has 4 N–H and O–H groups in total. The zero-order valence-corrected chi connectivity index (χ0v) is 6.97. The van der Waals surface area contributed by atoms with Gasteiger partial charge < -0.3 is 25.4 Å². The minimum absolute atomic E-state index is 0.276. The lowest BCUT2D eigenvalue weighted by Crippen LogP contribution is -2.44. The summed E-state index contributed by atoms with van der Waals surface area (Å²) >= 11 is 0. The molecule has 0 aromatic carbocycles. The second kappa shape index (κ2) is 4.15. The summed E-state index contributed by atoms with van der Waals surface area (Å²) in [7, 11) is 1.46. The van der Waals surface area contributed by atoms with E-state index in [1.165, 1.54) is 7.11 Å². The van der Waals surface area contributed by atoms with E-state index in [9.17, 15) is 15.3 Å². The number of aliphatic hydroxyl groups excluding tert-OH is 3. The monoisotopic (exact) mass is 177 g/mol. The van der Waals surface area contributed by atoms with Gasteiger partial charge in [0.1, 0.15) is 12.2 Å². The molecule has 1 fully saturated rings. The van der Waals surface area contributed by atoms with Crippen LogP contribution in [0, 0.1) is 0 Å². The Labute approximate surface area is 71.0 Å². The van der Waals surface area contributed by atoms with E-state index in [0.29, 0.717) is 6.54 Å². The van der Waals surface area contributed by atoms with Crippen molar-refractivity contribution in [3.05, 3.63) is 0 Å². The first-order valence-electron chi connectivity index (χ1n) is 3.94. The molecule has 0 bridgehead atoms. The molecule has 0 aliphatic carbocycles. The summed E-state index contributed by atoms with van der Waals surface area (Å²) in [4.78, 5) is 0. The molecule has 5 nitrogen and oxygen atoms in total. The molecule has 0 unspecified atom stereocenters. The molecule has 1 rings (SSSR count). The number of rotatable bonds is 1. The van der Waals surface area contributed by atoms with Crippen molar-refractivity contribution >= 4 is 0 Å². The highest BCUT2D eigenvalue weighted by Gasteiger charge is 2.33. The Bertz CT molecular complexity index is 141. The van der Waals surface area contributed by atoms with Gasteiger partial charge in [-0.1, -0.05) is 0 Å². The maximum absolute atomic E-state index is 9.41. The van der Waals surface area contributed by atoms with Crippen LogP contribution in [0.4, 0.5) is 0 Å². The molecule has 0 amide bonds. The average molecular weight is 177 g/mol. The maximum atomic E-state index is 9.41. The molecule has 0 saturated carbocycles. The van der Waals surface area contributed by atoms with Gasteiger partial charge in [0, 0.05) is 20.2 Å². The molecule has 0 aromatic heterocycles. The molecular weight excluding hydrogens is 162 g/mol. The molecule has 1 saturated heterocycles. The third kappa shape index (κ3) is 1.94. The van der Waals surface area contributed by atoms with E-state index in [-0.39, 0.29) is 6.54 Å². The van der Waals surface area contributed by atoms with Crippen molar-refractivity contribution in [3.63, 3.8) is 0 Å². The topological polar surface area (TPSA) is 82.0 Å². The van der Waals surface area contributed by atoms with Crippen LogP contribution in [-0.4, -0.2) is 59.9 Å². The summed E-state index contributed by atoms with van der Waals surface area (Å²) in [6, 6.07) is 0. The van der Waals surface area contributed by atoms with Gasteiger partial charge in [-0.2, -0.15) is 0 Å². The lowest BCUT2D eigenvalue weighted by atomic mass is 10.1. The van der Waals surface area contributed by atoms with Crippen LogP contribution in [0.15, 0.2) is 0 Å². The highest BCUT2D eigenvalue weighted by atomic mass is 16.5. The first-order chi connectivity index (χ1) is 5.66. The molecule has 12 heavy (non-hydrogen) atoms. The summed E-state index contributed by atoms with van der Waals surface area (Å²) in [5, 5.41) is 30.8. The SMILES string of the molecule is CO[C@H]1CNC[C@@H](O)[C@H](O)[C@@H]1O. The second-order valence-corrected chi connectivity index (χ2v) is 2.98. The molecule has 1 heterocycles. The Morgan fingerprint density at radius 3 is 2.42 bits per heavy atom. The van der Waals surface area contributed by atoms with Crippen LogP contribution in [0.3, 0.4) is 0 Å². The van der Waals surface area contributed by atoms with Crippen LogP contribution >= 0.6 is 0 Å². The van der Waals surface area contributed by atoms with Crippen molar-refractivity contribution in [1.82, 2.24) is 5.32 Å². The summed E-state index contributed by atoms with van der Waals surface area (Å²) in [5.74, 6) is 0. The number of methoxy groups -OCH3 is 1. The van der Waals surface area contributed by atoms with Gasteiger partial charge in [0.15, 0.2) is 0 Å². The lowest BCUT2D eigenvalue weighted by molar-refractivity contribution is -0.0991. The standard InChI is InChI=1S/C7H15NO4/c1-12-5-3-8-2-4(9)6(10)7(5)11/h4-11H,2-3H2,1H3/t4-,5+,6+,7-/m1/s1. The Morgan fingerprint density at radius 2 is 1.83 bits per heavy atom. The van der Waals surface area contributed by atoms with Gasteiger partial charge in [0.2, 0.25) is 0 Å². The van der Waals surface area contributed by atoms with Crippen LogP contribution in [0.5, 0.6) is 0 Å². The Hall–Kier alpha value is -0.200. The fourth-order valence-corrected chi connectivity index (χ4v) is 1.29. The van der Waals surface area contributed by atoms with E-state index < -0.39 is 24.4 Å². The Kier molecular flexibility index (Phi) is 3.42. The lowest BCUT2D eigenvalue weighted by Gasteiger charge is -2.23. The summed E-state index contributed by atoms with van der Waals surface area (Å²) in [6.45, 7) is 0.712. The van der Waals surface area contributed by atoms with Crippen molar-refractivity contribution in [2.45, 2.75) is 24.4 Å². The number of ether oxygens (including phenoxy) is 1. The molecule has 4 atom stereocenters. The molecule has 0 spiro atoms. The molecule has 0 radical (unpaired) electrons. The summed E-state index contributed by atoms with van der Waals surface area (Å²) in [6.07, 6.45) is -3.55. The second-order valence-electron chi connectivity index (χ2n) is 2.98. The average Bonchev–Trinajstić information content (AvgIpc) is 2.19. The highest BCUT2D eigenvalue weighted by molar-refractivity contribution is 4.87. The van der Waals surface area contributed by atoms with Crippen LogP contribution in [-0.2, 0) is 4.74 Å². The fourth-order valence-electron chi connectivity index (χ4n) is 1.29. The van der Waals surface area contributed by atoms with Gasteiger partial charge in [-0.25, -0.2) is 0 Å². The van der Waals surface area contributed by atoms with E-state index in [2.05, 4.69) is 5.32 Å². The molecular formula is C7H15NO4. The molecule has 72 valence electrons. The normalized spacial score (nSPS) is 44.0. The van der Waals surface area contributed by atoms with Crippen molar-refractivity contribution < 1.29 is 20.1 Å². The number of nitrogens with one attached hydrogen (secondary N) is 1. The zero-order chi connectivity index (χ0) is 9.14. The molecule has 0 aromatic rings. The number of β-amino-alcohol motifs (C(OH)–C–C–N with tert-alkyl or cyclic N) is 1. The van der Waals surface area contributed by atoms with E-state index in [1.807, 2.05) is 0 Å². The molecule has 1 aliphatic heterocycles. The van der Waals surface area contributed by atoms with Crippen LogP contribution < -0.4 is 5.32 Å². The Morgan fingerprint density at radius 1 is 1.17 bits per heavy atom. The van der Waals surface area contributed by atoms with Gasteiger partial charge in [-0.15, -0.1) is 0 Å². The van der Waals surface area contributed by atoms with Crippen molar-refractivity contribution in [2.24, 2.45) is 0 Å². The van der Waals surface area contributed by atoms with Crippen molar-refractivity contribution in [3.8, 4) is 0 Å². The van der Waals surface area contributed by atoms with Gasteiger partial charge in [0.25, 0.3) is 0 Å². The van der Waals surface area contributed by atoms with E-state index in [0.717, 1.165) is 0 Å². The van der Waals surface area contributed by atoms with Crippen molar-refractivity contribution in [1.29, 1.82) is 0 Å². The van der Waals surface area contributed by atoms with Crippen LogP contribution in [0.25, 0.3) is 0 Å². The van der Waals surface area contributed by atoms with E-state index in [4.69, 9.17) is 4.74 Å². The van der Waals surface area contributed by atoms with Crippen molar-refractivity contribution in [2.75, 3.05) is 20.2 Å². The molecule has 5 heteroatoms. The third-order valence-corrected chi connectivity index (χ3v) is 2.13. The first-order valence-corrected chi connectivity index (χ1v) is 3.94. The zero-order valence-electron chi connectivity index (χ0n) is 6.97. The van der Waals surface area contributed by atoms with Gasteiger partial charge in [-0.05, 0) is 0 Å². The maximum Gasteiger partial charge on any atom is 0.110 e. The van der Waals surface area contributed by atoms with Gasteiger partial charge >= 0.3 is 0 Å². The Balaban J connectivity index is 2.59. The predicted molar refractivity (Wildman–Crippen MR) is 41.7 cm³/mol. The smallest absolute Gasteiger partial charge is 0.110 e. The van der Waals surface area contributed by atoms with Crippen LogP contribution in [0.1, 0.15) is 0 Å². The number of hydrogen-bond donors (Lipinski definition) is 4. The number of aliphatic hydroxyl groups is 3. The highest BCUT2D eigenvalue weighted by Crippen LogP contribution is 2.09. The minimum atomic E-state index is -1.13.